The number of nitrogens with one attached hydrogen (secondary N) is 1. The van der Waals surface area contributed by atoms with E-state index in [1.165, 1.54) is 0 Å². The molecule has 0 fully saturated rings. The van der Waals surface area contributed by atoms with Gasteiger partial charge in [-0.2, -0.15) is 0 Å². The largest absolute Gasteiger partial charge is 0.491 e. The van der Waals surface area contributed by atoms with E-state index in [0.29, 0.717) is 18.1 Å². The van der Waals surface area contributed by atoms with E-state index in [2.05, 4.69) is 11.2 Å². The summed E-state index contributed by atoms with van der Waals surface area (Å²) in [6.45, 7) is 5.18. The molecule has 1 rings (SSSR count). The van der Waals surface area contributed by atoms with Gasteiger partial charge in [-0.15, -0.1) is 18.8 Å². The fraction of sp³-hybridized carbons (Fsp3) is 0.385. The molecule has 2 nitrogen and oxygen atoms in total. The van der Waals surface area contributed by atoms with Crippen LogP contribution in [0.15, 0.2) is 18.2 Å². The van der Waals surface area contributed by atoms with Gasteiger partial charge in [-0.25, -0.2) is 0 Å². The molecule has 0 aromatic heterocycles. The molecule has 1 N–H and O–H groups in total. The summed E-state index contributed by atoms with van der Waals surface area (Å²) in [5, 5.41) is 3.82. The van der Waals surface area contributed by atoms with Crippen LogP contribution in [0.25, 0.3) is 0 Å². The highest BCUT2D eigenvalue weighted by Gasteiger charge is 2.06. The number of terminal acetylenes is 1. The molecule has 17 heavy (non-hydrogen) atoms. The highest BCUT2D eigenvalue weighted by atomic mass is 35.5. The molecule has 0 atom stereocenters. The maximum absolute atomic E-state index is 5.94. The van der Waals surface area contributed by atoms with Gasteiger partial charge in [-0.1, -0.05) is 17.5 Å². The Balaban J connectivity index is 0.00000256. The standard InChI is InChI=1S/C13H16ClNO.ClH/c1-4-7-15-9-11-8-12(14)5-6-13(11)16-10(2)3;/h1,5-6,8,10,15H,7,9H2,2-3H3;1H. The first-order valence-corrected chi connectivity index (χ1v) is 5.60. The van der Waals surface area contributed by atoms with E-state index in [1.807, 2.05) is 32.0 Å². The van der Waals surface area contributed by atoms with E-state index < -0.39 is 0 Å². The van der Waals surface area contributed by atoms with Crippen molar-refractivity contribution in [1.29, 1.82) is 0 Å². The first-order chi connectivity index (χ1) is 7.63. The average molecular weight is 274 g/mol. The molecular formula is C13H17Cl2NO. The first kappa shape index (κ1) is 16.1. The Morgan fingerprint density at radius 3 is 2.76 bits per heavy atom. The maximum Gasteiger partial charge on any atom is 0.124 e. The molecule has 94 valence electrons. The van der Waals surface area contributed by atoms with Gasteiger partial charge in [0.25, 0.3) is 0 Å². The summed E-state index contributed by atoms with van der Waals surface area (Å²) in [4.78, 5) is 0. The van der Waals surface area contributed by atoms with E-state index in [4.69, 9.17) is 22.8 Å². The number of halogens is 2. The van der Waals surface area contributed by atoms with Crippen molar-refractivity contribution in [3.63, 3.8) is 0 Å². The van der Waals surface area contributed by atoms with Gasteiger partial charge in [-0.3, -0.25) is 0 Å². The summed E-state index contributed by atoms with van der Waals surface area (Å²) < 4.78 is 5.68. The number of benzene rings is 1. The lowest BCUT2D eigenvalue weighted by Crippen LogP contribution is -2.15. The van der Waals surface area contributed by atoms with Crippen molar-refractivity contribution in [2.45, 2.75) is 26.5 Å². The SMILES string of the molecule is C#CCNCc1cc(Cl)ccc1OC(C)C.Cl. The number of hydrogen-bond acceptors (Lipinski definition) is 2. The number of hydrogen-bond donors (Lipinski definition) is 1. The second kappa shape index (κ2) is 8.25. The first-order valence-electron chi connectivity index (χ1n) is 5.22. The Morgan fingerprint density at radius 1 is 1.47 bits per heavy atom. The smallest absolute Gasteiger partial charge is 0.124 e. The highest BCUT2D eigenvalue weighted by Crippen LogP contribution is 2.23. The normalized spacial score (nSPS) is 9.59. The van der Waals surface area contributed by atoms with Crippen LogP contribution < -0.4 is 10.1 Å². The predicted octanol–water partition coefficient (Wildman–Crippen LogP) is 3.27. The van der Waals surface area contributed by atoms with E-state index in [0.717, 1.165) is 11.3 Å². The monoisotopic (exact) mass is 273 g/mol. The summed E-state index contributed by atoms with van der Waals surface area (Å²) in [5.74, 6) is 3.38. The van der Waals surface area contributed by atoms with E-state index in [1.54, 1.807) is 0 Å². The summed E-state index contributed by atoms with van der Waals surface area (Å²) >= 11 is 5.94. The zero-order chi connectivity index (χ0) is 12.0. The van der Waals surface area contributed by atoms with Crippen molar-refractivity contribution in [3.8, 4) is 18.1 Å². The van der Waals surface area contributed by atoms with Gasteiger partial charge in [0.15, 0.2) is 0 Å². The molecule has 0 aliphatic rings. The third-order valence-electron chi connectivity index (χ3n) is 1.93. The molecule has 0 unspecified atom stereocenters. The molecule has 0 aliphatic heterocycles. The van der Waals surface area contributed by atoms with Crippen molar-refractivity contribution < 1.29 is 4.74 Å². The lowest BCUT2D eigenvalue weighted by Gasteiger charge is -2.14. The molecule has 0 aliphatic carbocycles. The van der Waals surface area contributed by atoms with Gasteiger partial charge >= 0.3 is 0 Å². The predicted molar refractivity (Wildman–Crippen MR) is 75.0 cm³/mol. The number of ether oxygens (including phenoxy) is 1. The highest BCUT2D eigenvalue weighted by molar-refractivity contribution is 6.30. The zero-order valence-electron chi connectivity index (χ0n) is 10.00. The van der Waals surface area contributed by atoms with Gasteiger partial charge in [0, 0.05) is 17.1 Å². The van der Waals surface area contributed by atoms with Crippen molar-refractivity contribution in [1.82, 2.24) is 5.32 Å². The molecule has 0 radical (unpaired) electrons. The van der Waals surface area contributed by atoms with Crippen molar-refractivity contribution >= 4 is 24.0 Å². The van der Waals surface area contributed by atoms with Crippen LogP contribution >= 0.6 is 24.0 Å². The Hall–Kier alpha value is -0.880. The van der Waals surface area contributed by atoms with Crippen LogP contribution in [0.3, 0.4) is 0 Å². The van der Waals surface area contributed by atoms with E-state index >= 15 is 0 Å². The fourth-order valence-electron chi connectivity index (χ4n) is 1.32. The number of rotatable bonds is 5. The van der Waals surface area contributed by atoms with Crippen LogP contribution in [0, 0.1) is 12.3 Å². The van der Waals surface area contributed by atoms with Gasteiger partial charge in [0.05, 0.1) is 12.6 Å². The van der Waals surface area contributed by atoms with Crippen LogP contribution in [-0.4, -0.2) is 12.6 Å². The minimum atomic E-state index is 0. The molecule has 1 aromatic rings. The topological polar surface area (TPSA) is 21.3 Å². The second-order valence-electron chi connectivity index (χ2n) is 3.73. The molecule has 1 aromatic carbocycles. The zero-order valence-corrected chi connectivity index (χ0v) is 11.6. The summed E-state index contributed by atoms with van der Waals surface area (Å²) in [5.41, 5.74) is 1.02. The molecular weight excluding hydrogens is 257 g/mol. The fourth-order valence-corrected chi connectivity index (χ4v) is 1.52. The Bertz CT molecular complexity index is 385. The van der Waals surface area contributed by atoms with E-state index in [9.17, 15) is 0 Å². The molecule has 0 amide bonds. The second-order valence-corrected chi connectivity index (χ2v) is 4.16. The van der Waals surface area contributed by atoms with Gasteiger partial charge in [0.2, 0.25) is 0 Å². The third kappa shape index (κ3) is 5.83. The van der Waals surface area contributed by atoms with Gasteiger partial charge in [0.1, 0.15) is 5.75 Å². The Kier molecular flexibility index (Phi) is 7.82. The molecule has 0 saturated heterocycles. The van der Waals surface area contributed by atoms with Crippen LogP contribution in [0.1, 0.15) is 19.4 Å². The summed E-state index contributed by atoms with van der Waals surface area (Å²) in [6.07, 6.45) is 5.32. The van der Waals surface area contributed by atoms with Crippen LogP contribution in [0.5, 0.6) is 5.75 Å². The van der Waals surface area contributed by atoms with Crippen LogP contribution in [0.2, 0.25) is 5.02 Å². The van der Waals surface area contributed by atoms with E-state index in [-0.39, 0.29) is 18.5 Å². The Labute approximate surface area is 114 Å². The summed E-state index contributed by atoms with van der Waals surface area (Å²) in [6, 6.07) is 5.60. The molecule has 0 spiro atoms. The lowest BCUT2D eigenvalue weighted by atomic mass is 10.2. The summed E-state index contributed by atoms with van der Waals surface area (Å²) in [7, 11) is 0. The maximum atomic E-state index is 5.94. The molecule has 0 saturated carbocycles. The third-order valence-corrected chi connectivity index (χ3v) is 2.16. The molecule has 4 heteroatoms. The van der Waals surface area contributed by atoms with Crippen LogP contribution in [0.4, 0.5) is 0 Å². The van der Waals surface area contributed by atoms with Crippen molar-refractivity contribution in [2.24, 2.45) is 0 Å². The van der Waals surface area contributed by atoms with Gasteiger partial charge in [-0.05, 0) is 32.0 Å². The molecule has 0 bridgehead atoms. The minimum absolute atomic E-state index is 0. The van der Waals surface area contributed by atoms with Gasteiger partial charge < -0.3 is 10.1 Å². The Morgan fingerprint density at radius 2 is 2.18 bits per heavy atom. The molecule has 0 heterocycles. The van der Waals surface area contributed by atoms with Crippen molar-refractivity contribution in [3.05, 3.63) is 28.8 Å². The van der Waals surface area contributed by atoms with Crippen molar-refractivity contribution in [2.75, 3.05) is 6.54 Å². The minimum Gasteiger partial charge on any atom is -0.491 e. The average Bonchev–Trinajstić information content (AvgIpc) is 2.22. The lowest BCUT2D eigenvalue weighted by molar-refractivity contribution is 0.239. The quantitative estimate of drug-likeness (QED) is 0.657. The van der Waals surface area contributed by atoms with Crippen LogP contribution in [-0.2, 0) is 6.54 Å².